The van der Waals surface area contributed by atoms with E-state index in [9.17, 15) is 9.70 Å². The quantitative estimate of drug-likeness (QED) is 0.364. The van der Waals surface area contributed by atoms with Gasteiger partial charge in [0.1, 0.15) is 4.91 Å². The number of hydrogen-bond donors (Lipinski definition) is 3. The normalized spacial score (nSPS) is 7.43. The molecule has 0 fully saturated rings. The number of nitrogens with one attached hydrogen (secondary N) is 1. The van der Waals surface area contributed by atoms with Crippen LogP contribution >= 0.6 is 0 Å². The molecule has 0 unspecified atom stereocenters. The summed E-state index contributed by atoms with van der Waals surface area (Å²) in [7, 11) is 0. The van der Waals surface area contributed by atoms with Crippen molar-refractivity contribution in [1.29, 1.82) is 0 Å². The van der Waals surface area contributed by atoms with Gasteiger partial charge in [-0.25, -0.2) is 10.0 Å². The maximum atomic E-state index is 9.52. The van der Waals surface area contributed by atoms with Crippen molar-refractivity contribution < 1.29 is 15.0 Å². The summed E-state index contributed by atoms with van der Waals surface area (Å²) in [6.07, 6.45) is 0. The molecule has 0 rings (SSSR count). The molecular weight excluding hydrogens is 102 g/mol. The van der Waals surface area contributed by atoms with E-state index in [1.807, 2.05) is 0 Å². The minimum absolute atomic E-state index is 0.775. The van der Waals surface area contributed by atoms with Crippen LogP contribution < -0.4 is 11.2 Å². The number of rotatable bonds is 1. The van der Waals surface area contributed by atoms with Crippen molar-refractivity contribution >= 4 is 6.03 Å². The summed E-state index contributed by atoms with van der Waals surface area (Å²) >= 11 is 0. The summed E-state index contributed by atoms with van der Waals surface area (Å²) in [6, 6.07) is -1.10. The first kappa shape index (κ1) is 5.67. The van der Waals surface area contributed by atoms with Crippen molar-refractivity contribution in [2.45, 2.75) is 0 Å². The summed E-state index contributed by atoms with van der Waals surface area (Å²) in [6.45, 7) is 0. The average Bonchev–Trinajstić information content (AvgIpc) is 1.27. The monoisotopic (exact) mass is 106 g/mol. The van der Waals surface area contributed by atoms with Gasteiger partial charge in [-0.2, -0.15) is 0 Å². The van der Waals surface area contributed by atoms with Crippen LogP contribution in [0.4, 0.5) is 4.79 Å². The zero-order valence-electron chi connectivity index (χ0n) is 3.29. The predicted molar refractivity (Wildman–Crippen MR) is 18.1 cm³/mol. The molecule has 0 aromatic heterocycles. The number of carbonyl (C=O) groups is 1. The van der Waals surface area contributed by atoms with Crippen LogP contribution in [0.5, 0.6) is 0 Å². The minimum Gasteiger partial charge on any atom is -0.347 e. The molecule has 6 nitrogen and oxygen atoms in total. The second kappa shape index (κ2) is 1.96. The van der Waals surface area contributed by atoms with Crippen molar-refractivity contribution in [3.8, 4) is 0 Å². The molecule has 6 heteroatoms. The Morgan fingerprint density at radius 1 is 1.86 bits per heavy atom. The summed E-state index contributed by atoms with van der Waals surface area (Å²) < 4.78 is 0. The van der Waals surface area contributed by atoms with E-state index in [1.54, 1.807) is 0 Å². The highest BCUT2D eigenvalue weighted by Gasteiger charge is 2.03. The molecule has 4 N–H and O–H groups in total. The first-order chi connectivity index (χ1) is 3.13. The second-order valence-corrected chi connectivity index (χ2v) is 0.749. The first-order valence-corrected chi connectivity index (χ1v) is 1.35. The summed E-state index contributed by atoms with van der Waals surface area (Å²) in [5.74, 6) is 0. The number of carbonyl (C=O) groups excluding carboxylic acids is 1. The average molecular weight is 106 g/mol. The number of hydrazine groups is 1. The highest BCUT2D eigenvalue weighted by atomic mass is 16.7. The van der Waals surface area contributed by atoms with Crippen molar-refractivity contribution in [2.24, 2.45) is 5.73 Å². The smallest absolute Gasteiger partial charge is 0.347 e. The van der Waals surface area contributed by atoms with E-state index in [0.29, 0.717) is 0 Å². The lowest BCUT2D eigenvalue weighted by Gasteiger charge is -1.76. The second-order valence-electron chi connectivity index (χ2n) is 0.749. The molecule has 0 bridgehead atoms. The molecule has 0 radical (unpaired) electrons. The lowest BCUT2D eigenvalue weighted by Crippen LogP contribution is -2.35. The Kier molecular flexibility index (Phi) is 1.58. The molecule has 0 spiro atoms. The number of hydrogen-bond acceptors (Lipinski definition) is 2. The van der Waals surface area contributed by atoms with Gasteiger partial charge in [0.05, 0.1) is 0 Å². The van der Waals surface area contributed by atoms with E-state index in [4.69, 9.17) is 5.21 Å². The number of nitrogens with two attached hydrogens (primary N) is 1. The van der Waals surface area contributed by atoms with Crippen LogP contribution in [0.2, 0.25) is 0 Å². The number of amides is 2. The molecule has 0 aliphatic carbocycles. The molecule has 0 saturated heterocycles. The van der Waals surface area contributed by atoms with Crippen LogP contribution in [-0.2, 0) is 0 Å². The highest BCUT2D eigenvalue weighted by molar-refractivity contribution is 5.69. The van der Waals surface area contributed by atoms with Crippen LogP contribution in [0.3, 0.4) is 0 Å². The number of nitrogens with zero attached hydrogens (tertiary/aromatic N) is 1. The molecule has 2 amide bonds. The van der Waals surface area contributed by atoms with Crippen LogP contribution in [-0.4, -0.2) is 16.3 Å². The molecule has 0 aliphatic rings. The third-order valence-electron chi connectivity index (χ3n) is 0.206. The van der Waals surface area contributed by atoms with Gasteiger partial charge in [0.15, 0.2) is 0 Å². The largest absolute Gasteiger partial charge is 0.373 e. The van der Waals surface area contributed by atoms with E-state index in [2.05, 4.69) is 5.73 Å². The van der Waals surface area contributed by atoms with Gasteiger partial charge in [-0.15, -0.1) is 0 Å². The molecule has 0 saturated carbocycles. The Hall–Kier alpha value is -1.33. The van der Waals surface area contributed by atoms with Gasteiger partial charge in [-0.05, 0) is 5.43 Å². The molecule has 0 aromatic rings. The molecule has 40 valence electrons. The van der Waals surface area contributed by atoms with E-state index in [-0.39, 0.29) is 0 Å². The number of primary amides is 1. The van der Waals surface area contributed by atoms with Gasteiger partial charge in [0.2, 0.25) is 0 Å². The summed E-state index contributed by atoms with van der Waals surface area (Å²) in [4.78, 5) is 18.8. The third kappa shape index (κ3) is 4.67. The van der Waals surface area contributed by atoms with E-state index >= 15 is 0 Å². The fourth-order valence-corrected chi connectivity index (χ4v) is 0.0943. The van der Waals surface area contributed by atoms with Crippen LogP contribution in [0, 0.1) is 4.91 Å². The predicted octanol–water partition coefficient (Wildman–Crippen LogP) is -1.26. The maximum Gasteiger partial charge on any atom is 0.373 e. The first-order valence-electron chi connectivity index (χ1n) is 1.35. The highest BCUT2D eigenvalue weighted by Crippen LogP contribution is 1.50. The van der Waals surface area contributed by atoms with Crippen molar-refractivity contribution in [1.82, 2.24) is 5.43 Å². The van der Waals surface area contributed by atoms with Crippen molar-refractivity contribution in [3.63, 3.8) is 0 Å². The zero-order chi connectivity index (χ0) is 5.86. The molecule has 0 aliphatic heterocycles. The molecular formula is CH4N3O3+. The van der Waals surface area contributed by atoms with E-state index in [1.165, 1.54) is 5.43 Å². The standard InChI is InChI=1S/CH3N3O3/c2-1(5)3-4(6)7/h(H3-,2,3,5,6,7)/p+1. The van der Waals surface area contributed by atoms with Crippen molar-refractivity contribution in [2.75, 3.05) is 0 Å². The van der Waals surface area contributed by atoms with E-state index in [0.717, 1.165) is 0 Å². The Labute approximate surface area is 38.4 Å². The van der Waals surface area contributed by atoms with Gasteiger partial charge in [-0.3, -0.25) is 0 Å². The minimum atomic E-state index is -1.10. The van der Waals surface area contributed by atoms with Crippen LogP contribution in [0.25, 0.3) is 0 Å². The fraction of sp³-hybridized carbons (Fsp3) is 0. The fourth-order valence-electron chi connectivity index (χ4n) is 0.0943. The van der Waals surface area contributed by atoms with Crippen LogP contribution in [0.15, 0.2) is 0 Å². The van der Waals surface area contributed by atoms with Gasteiger partial charge in [0.25, 0.3) is 0 Å². The summed E-state index contributed by atoms with van der Waals surface area (Å²) in [5, 5.41) is 6.81. The molecule has 0 aromatic carbocycles. The maximum absolute atomic E-state index is 9.52. The van der Waals surface area contributed by atoms with Crippen LogP contribution in [0.1, 0.15) is 0 Å². The Morgan fingerprint density at radius 3 is 2.29 bits per heavy atom. The van der Waals surface area contributed by atoms with Gasteiger partial charge in [0, 0.05) is 0 Å². The third-order valence-corrected chi connectivity index (χ3v) is 0.206. The molecule has 7 heavy (non-hydrogen) atoms. The Bertz CT molecular complexity index is 86.4. The van der Waals surface area contributed by atoms with Gasteiger partial charge >= 0.3 is 11.1 Å². The topological polar surface area (TPSA) is 95.4 Å². The molecule has 0 heterocycles. The SMILES string of the molecule is NC(=O)N[N+](=O)O. The Balaban J connectivity index is 3.32. The van der Waals surface area contributed by atoms with Gasteiger partial charge < -0.3 is 5.73 Å². The zero-order valence-corrected chi connectivity index (χ0v) is 3.29. The summed E-state index contributed by atoms with van der Waals surface area (Å²) in [5.41, 5.74) is 5.62. The lowest BCUT2D eigenvalue weighted by atomic mass is 11.2. The van der Waals surface area contributed by atoms with Crippen molar-refractivity contribution in [3.05, 3.63) is 4.91 Å². The van der Waals surface area contributed by atoms with E-state index < -0.39 is 11.1 Å². The molecule has 0 atom stereocenters. The van der Waals surface area contributed by atoms with Gasteiger partial charge in [-0.1, -0.05) is 0 Å². The Morgan fingerprint density at radius 2 is 2.29 bits per heavy atom. The number of urea groups is 1. The lowest BCUT2D eigenvalue weighted by molar-refractivity contribution is -0.823.